The summed E-state index contributed by atoms with van der Waals surface area (Å²) >= 11 is 0. The van der Waals surface area contributed by atoms with Gasteiger partial charge in [-0.05, 0) is 37.8 Å². The summed E-state index contributed by atoms with van der Waals surface area (Å²) in [5.74, 6) is 0.647. The first-order chi connectivity index (χ1) is 7.72. The van der Waals surface area contributed by atoms with Gasteiger partial charge in [0.15, 0.2) is 0 Å². The Morgan fingerprint density at radius 3 is 2.50 bits per heavy atom. The van der Waals surface area contributed by atoms with Crippen LogP contribution in [0.15, 0.2) is 30.3 Å². The predicted octanol–water partition coefficient (Wildman–Crippen LogP) is 2.23. The molecule has 1 rings (SSSR count). The zero-order valence-corrected chi connectivity index (χ0v) is 10.3. The molecule has 2 N–H and O–H groups in total. The van der Waals surface area contributed by atoms with Gasteiger partial charge in [0.25, 0.3) is 0 Å². The molecule has 2 atom stereocenters. The summed E-state index contributed by atoms with van der Waals surface area (Å²) in [7, 11) is 0. The van der Waals surface area contributed by atoms with E-state index in [4.69, 9.17) is 5.11 Å². The van der Waals surface area contributed by atoms with Crippen LogP contribution in [-0.2, 0) is 6.42 Å². The Bertz CT molecular complexity index is 273. The third-order valence-electron chi connectivity index (χ3n) is 2.86. The Balaban J connectivity index is 2.18. The van der Waals surface area contributed by atoms with Crippen molar-refractivity contribution >= 4 is 0 Å². The van der Waals surface area contributed by atoms with Crippen LogP contribution in [0.3, 0.4) is 0 Å². The zero-order valence-electron chi connectivity index (χ0n) is 10.3. The van der Waals surface area contributed by atoms with Gasteiger partial charge in [0, 0.05) is 6.04 Å². The van der Waals surface area contributed by atoms with Gasteiger partial charge < -0.3 is 10.4 Å². The van der Waals surface area contributed by atoms with E-state index in [-0.39, 0.29) is 12.6 Å². The Morgan fingerprint density at radius 1 is 1.19 bits per heavy atom. The van der Waals surface area contributed by atoms with Crippen LogP contribution in [0.4, 0.5) is 0 Å². The third-order valence-corrected chi connectivity index (χ3v) is 2.86. The van der Waals surface area contributed by atoms with Crippen LogP contribution in [0.2, 0.25) is 0 Å². The summed E-state index contributed by atoms with van der Waals surface area (Å²) < 4.78 is 0. The number of hydrogen-bond donors (Lipinski definition) is 2. The quantitative estimate of drug-likeness (QED) is 0.740. The Labute approximate surface area is 98.7 Å². The number of aliphatic hydroxyl groups is 1. The van der Waals surface area contributed by atoms with Gasteiger partial charge in [-0.3, -0.25) is 0 Å². The van der Waals surface area contributed by atoms with Crippen molar-refractivity contribution < 1.29 is 5.11 Å². The Morgan fingerprint density at radius 2 is 1.88 bits per heavy atom. The molecule has 0 aliphatic heterocycles. The molecule has 0 saturated carbocycles. The highest BCUT2D eigenvalue weighted by Crippen LogP contribution is 2.08. The Kier molecular flexibility index (Phi) is 6.12. The largest absolute Gasteiger partial charge is 0.395 e. The number of rotatable bonds is 7. The van der Waals surface area contributed by atoms with Crippen molar-refractivity contribution in [2.45, 2.75) is 32.7 Å². The van der Waals surface area contributed by atoms with Gasteiger partial charge in [-0.1, -0.05) is 37.3 Å². The average molecular weight is 221 g/mol. The molecule has 0 saturated heterocycles. The molecule has 16 heavy (non-hydrogen) atoms. The van der Waals surface area contributed by atoms with Crippen LogP contribution in [0, 0.1) is 5.92 Å². The SMILES string of the molecule is CC(CCc1ccccc1)CN[C@H](C)CO. The molecule has 90 valence electrons. The van der Waals surface area contributed by atoms with Crippen LogP contribution < -0.4 is 5.32 Å². The number of aryl methyl sites for hydroxylation is 1. The molecule has 0 radical (unpaired) electrons. The fourth-order valence-corrected chi connectivity index (χ4v) is 1.63. The minimum absolute atomic E-state index is 0.208. The molecule has 1 aromatic rings. The second-order valence-corrected chi connectivity index (χ2v) is 4.62. The fourth-order valence-electron chi connectivity index (χ4n) is 1.63. The highest BCUT2D eigenvalue weighted by Gasteiger charge is 2.04. The van der Waals surface area contributed by atoms with Crippen molar-refractivity contribution in [2.75, 3.05) is 13.2 Å². The van der Waals surface area contributed by atoms with E-state index in [0.29, 0.717) is 5.92 Å². The van der Waals surface area contributed by atoms with Crippen molar-refractivity contribution in [3.63, 3.8) is 0 Å². The molecule has 1 aromatic carbocycles. The predicted molar refractivity (Wildman–Crippen MR) is 68.5 cm³/mol. The molecule has 0 aromatic heterocycles. The Hall–Kier alpha value is -0.860. The molecule has 0 fully saturated rings. The minimum atomic E-state index is 0.208. The summed E-state index contributed by atoms with van der Waals surface area (Å²) in [5.41, 5.74) is 1.41. The topological polar surface area (TPSA) is 32.3 Å². The number of benzene rings is 1. The zero-order chi connectivity index (χ0) is 11.8. The standard InChI is InChI=1S/C14H23NO/c1-12(10-15-13(2)11-16)8-9-14-6-4-3-5-7-14/h3-7,12-13,15-16H,8-11H2,1-2H3/t12?,13-/m1/s1. The molecule has 0 bridgehead atoms. The van der Waals surface area contributed by atoms with Gasteiger partial charge >= 0.3 is 0 Å². The van der Waals surface area contributed by atoms with E-state index < -0.39 is 0 Å². The number of aliphatic hydroxyl groups excluding tert-OH is 1. The summed E-state index contributed by atoms with van der Waals surface area (Å²) in [6.45, 7) is 5.45. The van der Waals surface area contributed by atoms with Crippen LogP contribution in [0.1, 0.15) is 25.8 Å². The summed E-state index contributed by atoms with van der Waals surface area (Å²) in [6.07, 6.45) is 2.33. The van der Waals surface area contributed by atoms with Crippen molar-refractivity contribution in [2.24, 2.45) is 5.92 Å². The molecule has 0 aliphatic carbocycles. The molecule has 0 heterocycles. The van der Waals surface area contributed by atoms with E-state index in [1.807, 2.05) is 6.92 Å². The van der Waals surface area contributed by atoms with Gasteiger partial charge in [0.2, 0.25) is 0 Å². The first-order valence-electron chi connectivity index (χ1n) is 6.10. The van der Waals surface area contributed by atoms with E-state index >= 15 is 0 Å². The second kappa shape index (κ2) is 7.42. The van der Waals surface area contributed by atoms with Gasteiger partial charge in [0.05, 0.1) is 6.61 Å². The van der Waals surface area contributed by atoms with Gasteiger partial charge in [-0.2, -0.15) is 0 Å². The number of nitrogens with one attached hydrogen (secondary N) is 1. The monoisotopic (exact) mass is 221 g/mol. The van der Waals surface area contributed by atoms with E-state index in [9.17, 15) is 0 Å². The lowest BCUT2D eigenvalue weighted by atomic mass is 10.0. The number of hydrogen-bond acceptors (Lipinski definition) is 2. The molecule has 0 aliphatic rings. The molecule has 0 amide bonds. The van der Waals surface area contributed by atoms with Crippen LogP contribution in [-0.4, -0.2) is 24.3 Å². The second-order valence-electron chi connectivity index (χ2n) is 4.62. The molecule has 1 unspecified atom stereocenters. The highest BCUT2D eigenvalue weighted by atomic mass is 16.3. The van der Waals surface area contributed by atoms with E-state index in [1.54, 1.807) is 0 Å². The normalized spacial score (nSPS) is 14.7. The lowest BCUT2D eigenvalue weighted by molar-refractivity contribution is 0.246. The molecule has 0 spiro atoms. The maximum atomic E-state index is 8.89. The van der Waals surface area contributed by atoms with Gasteiger partial charge in [-0.25, -0.2) is 0 Å². The van der Waals surface area contributed by atoms with Crippen LogP contribution >= 0.6 is 0 Å². The lowest BCUT2D eigenvalue weighted by Gasteiger charge is -2.16. The summed E-state index contributed by atoms with van der Waals surface area (Å²) in [5, 5.41) is 12.2. The lowest BCUT2D eigenvalue weighted by Crippen LogP contribution is -2.33. The van der Waals surface area contributed by atoms with E-state index in [1.165, 1.54) is 12.0 Å². The van der Waals surface area contributed by atoms with Crippen molar-refractivity contribution in [3.05, 3.63) is 35.9 Å². The first-order valence-corrected chi connectivity index (χ1v) is 6.10. The molecular weight excluding hydrogens is 198 g/mol. The van der Waals surface area contributed by atoms with Gasteiger partial charge in [-0.15, -0.1) is 0 Å². The molecule has 2 nitrogen and oxygen atoms in total. The fraction of sp³-hybridized carbons (Fsp3) is 0.571. The average Bonchev–Trinajstić information content (AvgIpc) is 2.34. The maximum absolute atomic E-state index is 8.89. The van der Waals surface area contributed by atoms with Crippen molar-refractivity contribution in [1.82, 2.24) is 5.32 Å². The smallest absolute Gasteiger partial charge is 0.0581 e. The summed E-state index contributed by atoms with van der Waals surface area (Å²) in [4.78, 5) is 0. The van der Waals surface area contributed by atoms with Crippen molar-refractivity contribution in [1.29, 1.82) is 0 Å². The van der Waals surface area contributed by atoms with E-state index in [0.717, 1.165) is 13.0 Å². The minimum Gasteiger partial charge on any atom is -0.395 e. The van der Waals surface area contributed by atoms with Crippen LogP contribution in [0.5, 0.6) is 0 Å². The van der Waals surface area contributed by atoms with E-state index in [2.05, 4.69) is 42.6 Å². The third kappa shape index (κ3) is 5.29. The first kappa shape index (κ1) is 13.2. The molecular formula is C14H23NO. The van der Waals surface area contributed by atoms with Crippen molar-refractivity contribution in [3.8, 4) is 0 Å². The van der Waals surface area contributed by atoms with Gasteiger partial charge in [0.1, 0.15) is 0 Å². The maximum Gasteiger partial charge on any atom is 0.0581 e. The summed E-state index contributed by atoms with van der Waals surface area (Å²) in [6, 6.07) is 10.8. The van der Waals surface area contributed by atoms with Crippen LogP contribution in [0.25, 0.3) is 0 Å². The molecule has 2 heteroatoms. The highest BCUT2D eigenvalue weighted by molar-refractivity contribution is 5.14.